The minimum atomic E-state index is -4.74. The number of unbranched alkanes of at least 4 members (excludes halogenated alkanes) is 2. The highest BCUT2D eigenvalue weighted by Gasteiger charge is 2.34. The number of hydrogen-bond acceptors (Lipinski definition) is 7. The summed E-state index contributed by atoms with van der Waals surface area (Å²) in [5.41, 5.74) is 9.44. The van der Waals surface area contributed by atoms with E-state index >= 15 is 0 Å². The number of anilines is 1. The molecule has 0 aromatic heterocycles. The third kappa shape index (κ3) is 11.5. The molecule has 1 saturated heterocycles. The highest BCUT2D eigenvalue weighted by molar-refractivity contribution is 5.85. The van der Waals surface area contributed by atoms with Crippen LogP contribution in [0.5, 0.6) is 17.2 Å². The van der Waals surface area contributed by atoms with Crippen LogP contribution in [0.3, 0.4) is 0 Å². The van der Waals surface area contributed by atoms with Crippen molar-refractivity contribution in [3.63, 3.8) is 0 Å². The third-order valence-corrected chi connectivity index (χ3v) is 7.86. The van der Waals surface area contributed by atoms with Gasteiger partial charge in [-0.1, -0.05) is 18.6 Å². The molecular weight excluding hydrogens is 654 g/mol. The van der Waals surface area contributed by atoms with Gasteiger partial charge in [-0.3, -0.25) is 15.0 Å². The number of carbonyl (C=O) groups excluding carboxylic acids is 2. The van der Waals surface area contributed by atoms with Crippen LogP contribution in [0.2, 0.25) is 0 Å². The number of ketones is 2. The van der Waals surface area contributed by atoms with Gasteiger partial charge in [0.1, 0.15) is 34.9 Å². The lowest BCUT2D eigenvalue weighted by molar-refractivity contribution is -0.138. The van der Waals surface area contributed by atoms with E-state index in [-0.39, 0.29) is 71.0 Å². The van der Waals surface area contributed by atoms with E-state index < -0.39 is 35.7 Å². The molecule has 0 saturated carbocycles. The topological polar surface area (TPSA) is 141 Å². The zero-order valence-corrected chi connectivity index (χ0v) is 26.6. The van der Waals surface area contributed by atoms with Crippen LogP contribution in [0.1, 0.15) is 66.3 Å². The van der Waals surface area contributed by atoms with E-state index in [1.54, 1.807) is 0 Å². The van der Waals surface area contributed by atoms with Gasteiger partial charge in [0.15, 0.2) is 0 Å². The number of halogens is 6. The number of nitrogens with two attached hydrogens (primary N) is 2. The first-order valence-corrected chi connectivity index (χ1v) is 15.8. The molecule has 0 radical (unpaired) electrons. The molecule has 4 rings (SSSR count). The highest BCUT2D eigenvalue weighted by atomic mass is 19.4. The molecule has 1 aliphatic heterocycles. The van der Waals surface area contributed by atoms with Crippen LogP contribution < -0.4 is 26.3 Å². The standard InChI is InChI=1S/C35H38F6N4O4/c36-34(37,38)24-13-22(15-27(46)4-2-1-3-5-32(43)44)33(49-30-10-11-45-20-30)23(14-24)16-28(47)12-21-6-8-29(9-7-21)48-31-18-25(35(39,40)41)17-26(42)19-31/h6-9,13-14,17-19,30,45H,1-5,10-12,15-16,20,42H2,(H3,43,44)/t30-/m1/s1. The van der Waals surface area contributed by atoms with Crippen molar-refractivity contribution in [3.8, 4) is 17.2 Å². The van der Waals surface area contributed by atoms with Crippen molar-refractivity contribution in [2.24, 2.45) is 5.73 Å². The zero-order chi connectivity index (χ0) is 35.8. The summed E-state index contributed by atoms with van der Waals surface area (Å²) in [7, 11) is 0. The number of amidine groups is 1. The molecule has 0 spiro atoms. The maximum absolute atomic E-state index is 14.0. The van der Waals surface area contributed by atoms with Gasteiger partial charge >= 0.3 is 12.4 Å². The highest BCUT2D eigenvalue weighted by Crippen LogP contribution is 2.38. The molecule has 6 N–H and O–H groups in total. The van der Waals surface area contributed by atoms with Gasteiger partial charge in [0.2, 0.25) is 0 Å². The van der Waals surface area contributed by atoms with Gasteiger partial charge in [-0.05, 0) is 67.8 Å². The summed E-state index contributed by atoms with van der Waals surface area (Å²) >= 11 is 0. The van der Waals surface area contributed by atoms with Crippen LogP contribution in [0.25, 0.3) is 0 Å². The van der Waals surface area contributed by atoms with E-state index in [1.165, 1.54) is 30.3 Å². The average molecular weight is 693 g/mol. The Balaban J connectivity index is 1.51. The largest absolute Gasteiger partial charge is 0.488 e. The smallest absolute Gasteiger partial charge is 0.416 e. The maximum atomic E-state index is 14.0. The van der Waals surface area contributed by atoms with Crippen LogP contribution >= 0.6 is 0 Å². The Morgan fingerprint density at radius 3 is 2.00 bits per heavy atom. The van der Waals surface area contributed by atoms with Crippen molar-refractivity contribution in [2.75, 3.05) is 18.8 Å². The minimum absolute atomic E-state index is 0.0260. The lowest BCUT2D eigenvalue weighted by atomic mass is 9.94. The normalized spacial score (nSPS) is 14.9. The van der Waals surface area contributed by atoms with Crippen molar-refractivity contribution in [1.82, 2.24) is 5.32 Å². The lowest BCUT2D eigenvalue weighted by Gasteiger charge is -2.22. The SMILES string of the molecule is N=C(N)CCCCCC(=O)Cc1cc(C(F)(F)F)cc(CC(=O)Cc2ccc(Oc3cc(N)cc(C(F)(F)F)c3)cc2)c1O[C@@H]1CCNC1. The number of carbonyl (C=O) groups is 2. The number of alkyl halides is 6. The monoisotopic (exact) mass is 692 g/mol. The van der Waals surface area contributed by atoms with Crippen LogP contribution in [-0.2, 0) is 41.2 Å². The van der Waals surface area contributed by atoms with Gasteiger partial charge < -0.3 is 26.3 Å². The Kier molecular flexibility index (Phi) is 12.3. The molecule has 0 unspecified atom stereocenters. The number of nitrogens with one attached hydrogen (secondary N) is 2. The van der Waals surface area contributed by atoms with Gasteiger partial charge in [-0.25, -0.2) is 0 Å². The number of ether oxygens (including phenoxy) is 2. The van der Waals surface area contributed by atoms with Crippen LogP contribution in [0.15, 0.2) is 54.6 Å². The van der Waals surface area contributed by atoms with Gasteiger partial charge in [0, 0.05) is 61.5 Å². The second kappa shape index (κ2) is 16.2. The number of benzene rings is 3. The van der Waals surface area contributed by atoms with Crippen LogP contribution in [-0.4, -0.2) is 36.6 Å². The third-order valence-electron chi connectivity index (χ3n) is 7.86. The van der Waals surface area contributed by atoms with Gasteiger partial charge in [-0.2, -0.15) is 26.3 Å². The van der Waals surface area contributed by atoms with E-state index in [9.17, 15) is 35.9 Å². The van der Waals surface area contributed by atoms with Gasteiger partial charge in [0.05, 0.1) is 17.0 Å². The first-order valence-electron chi connectivity index (χ1n) is 15.8. The predicted molar refractivity (Wildman–Crippen MR) is 172 cm³/mol. The molecule has 264 valence electrons. The molecule has 49 heavy (non-hydrogen) atoms. The van der Waals surface area contributed by atoms with E-state index in [0.29, 0.717) is 50.8 Å². The molecule has 3 aromatic rings. The molecule has 3 aromatic carbocycles. The average Bonchev–Trinajstić information content (AvgIpc) is 3.51. The Morgan fingerprint density at radius 1 is 0.796 bits per heavy atom. The summed E-state index contributed by atoms with van der Waals surface area (Å²) in [6.07, 6.45) is -7.68. The van der Waals surface area contributed by atoms with Crippen molar-refractivity contribution < 1.29 is 45.4 Å². The fraction of sp³-hybridized carbons (Fsp3) is 0.400. The molecule has 1 fully saturated rings. The van der Waals surface area contributed by atoms with Crippen molar-refractivity contribution in [2.45, 2.75) is 76.2 Å². The van der Waals surface area contributed by atoms with E-state index in [4.69, 9.17) is 26.4 Å². The van der Waals surface area contributed by atoms with Crippen molar-refractivity contribution in [1.29, 1.82) is 5.41 Å². The van der Waals surface area contributed by atoms with Gasteiger partial charge in [0.25, 0.3) is 0 Å². The Labute approximate surface area is 279 Å². The minimum Gasteiger partial charge on any atom is -0.488 e. The Hall–Kier alpha value is -4.59. The maximum Gasteiger partial charge on any atom is 0.416 e. The van der Waals surface area contributed by atoms with E-state index in [2.05, 4.69) is 5.32 Å². The second-order valence-electron chi connectivity index (χ2n) is 12.1. The summed E-state index contributed by atoms with van der Waals surface area (Å²) in [5.74, 6) is -0.495. The van der Waals surface area contributed by atoms with Crippen LogP contribution in [0, 0.1) is 5.41 Å². The predicted octanol–water partition coefficient (Wildman–Crippen LogP) is 7.19. The summed E-state index contributed by atoms with van der Waals surface area (Å²) in [4.78, 5) is 26.2. The van der Waals surface area contributed by atoms with E-state index in [0.717, 1.165) is 24.3 Å². The Morgan fingerprint density at radius 2 is 1.41 bits per heavy atom. The van der Waals surface area contributed by atoms with Gasteiger partial charge in [-0.15, -0.1) is 0 Å². The number of hydrogen-bond donors (Lipinski definition) is 4. The molecular formula is C35H38F6N4O4. The number of Topliss-reactive ketones (excluding diaryl/α,β-unsaturated/α-hetero) is 2. The number of rotatable bonds is 16. The first kappa shape index (κ1) is 37.2. The quantitative estimate of drug-likeness (QED) is 0.0410. The molecule has 1 atom stereocenters. The fourth-order valence-corrected chi connectivity index (χ4v) is 5.50. The van der Waals surface area contributed by atoms with Crippen molar-refractivity contribution in [3.05, 3.63) is 82.4 Å². The molecule has 1 aliphatic rings. The fourth-order valence-electron chi connectivity index (χ4n) is 5.50. The van der Waals surface area contributed by atoms with Crippen molar-refractivity contribution >= 4 is 23.1 Å². The first-order chi connectivity index (χ1) is 23.1. The summed E-state index contributed by atoms with van der Waals surface area (Å²) in [5, 5.41) is 10.4. The van der Waals surface area contributed by atoms with Crippen LogP contribution in [0.4, 0.5) is 32.0 Å². The lowest BCUT2D eigenvalue weighted by Crippen LogP contribution is -2.22. The molecule has 14 heteroatoms. The molecule has 8 nitrogen and oxygen atoms in total. The molecule has 0 amide bonds. The summed E-state index contributed by atoms with van der Waals surface area (Å²) in [6.45, 7) is 1.11. The second-order valence-corrected chi connectivity index (χ2v) is 12.1. The molecule has 1 heterocycles. The Bertz CT molecular complexity index is 1630. The summed E-state index contributed by atoms with van der Waals surface area (Å²) < 4.78 is 93.3. The zero-order valence-electron chi connectivity index (χ0n) is 26.6. The molecule has 0 bridgehead atoms. The number of nitrogen functional groups attached to an aromatic ring is 1. The summed E-state index contributed by atoms with van der Waals surface area (Å²) in [6, 6.07) is 10.6. The van der Waals surface area contributed by atoms with E-state index in [1.807, 2.05) is 0 Å². The molecule has 0 aliphatic carbocycles.